The van der Waals surface area contributed by atoms with Gasteiger partial charge in [-0.25, -0.2) is 0 Å². The summed E-state index contributed by atoms with van der Waals surface area (Å²) in [6.45, 7) is 4.54. The minimum atomic E-state index is 1.14. The lowest BCUT2D eigenvalue weighted by Crippen LogP contribution is -2.33. The van der Waals surface area contributed by atoms with E-state index >= 15 is 0 Å². The van der Waals surface area contributed by atoms with E-state index in [-0.39, 0.29) is 0 Å². The van der Waals surface area contributed by atoms with Crippen LogP contribution in [0.4, 0.5) is 0 Å². The SMILES string of the molecule is CCCCCC=C1CNC1. The Bertz CT molecular complexity index is 110. The van der Waals surface area contributed by atoms with Crippen molar-refractivity contribution in [2.45, 2.75) is 32.6 Å². The second-order valence-electron chi connectivity index (χ2n) is 2.96. The zero-order valence-electron chi connectivity index (χ0n) is 6.82. The predicted octanol–water partition coefficient (Wildman–Crippen LogP) is 2.10. The fraction of sp³-hybridized carbons (Fsp3) is 0.778. The number of nitrogens with one attached hydrogen (secondary N) is 1. The minimum Gasteiger partial charge on any atom is -0.309 e. The molecule has 1 rings (SSSR count). The van der Waals surface area contributed by atoms with Crippen LogP contribution in [0, 0.1) is 0 Å². The van der Waals surface area contributed by atoms with Gasteiger partial charge in [-0.15, -0.1) is 0 Å². The topological polar surface area (TPSA) is 12.0 Å². The summed E-state index contributed by atoms with van der Waals surface area (Å²) in [6, 6.07) is 0. The highest BCUT2D eigenvalue weighted by atomic mass is 14.9. The van der Waals surface area contributed by atoms with Gasteiger partial charge in [0.1, 0.15) is 0 Å². The summed E-state index contributed by atoms with van der Waals surface area (Å²) in [6.07, 6.45) is 7.79. The molecule has 0 aromatic heterocycles. The van der Waals surface area contributed by atoms with Crippen molar-refractivity contribution >= 4 is 0 Å². The fourth-order valence-corrected chi connectivity index (χ4v) is 1.11. The average Bonchev–Trinajstić information content (AvgIpc) is 1.84. The number of allylic oxidation sites excluding steroid dienone is 1. The maximum atomic E-state index is 3.23. The Morgan fingerprint density at radius 1 is 1.40 bits per heavy atom. The molecule has 1 heteroatoms. The Kier molecular flexibility index (Phi) is 3.52. The molecule has 1 aliphatic heterocycles. The molecule has 0 spiro atoms. The van der Waals surface area contributed by atoms with Crippen LogP contribution in [0.5, 0.6) is 0 Å². The van der Waals surface area contributed by atoms with Gasteiger partial charge in [0.05, 0.1) is 0 Å². The number of hydrogen-bond donors (Lipinski definition) is 1. The third-order valence-corrected chi connectivity index (χ3v) is 1.94. The van der Waals surface area contributed by atoms with Crippen molar-refractivity contribution in [3.8, 4) is 0 Å². The van der Waals surface area contributed by atoms with Gasteiger partial charge in [0.15, 0.2) is 0 Å². The third kappa shape index (κ3) is 2.53. The highest BCUT2D eigenvalue weighted by molar-refractivity contribution is 5.13. The smallest absolute Gasteiger partial charge is 0.0180 e. The highest BCUT2D eigenvalue weighted by Gasteiger charge is 2.04. The van der Waals surface area contributed by atoms with Crippen molar-refractivity contribution in [2.24, 2.45) is 0 Å². The number of hydrogen-bond acceptors (Lipinski definition) is 1. The molecule has 0 amide bonds. The van der Waals surface area contributed by atoms with Gasteiger partial charge in [0.25, 0.3) is 0 Å². The molecular formula is C9H17N. The molecule has 1 heterocycles. The van der Waals surface area contributed by atoms with E-state index in [2.05, 4.69) is 18.3 Å². The van der Waals surface area contributed by atoms with Crippen molar-refractivity contribution in [2.75, 3.05) is 13.1 Å². The molecule has 1 N–H and O–H groups in total. The Morgan fingerprint density at radius 3 is 2.70 bits per heavy atom. The van der Waals surface area contributed by atoms with E-state index in [1.807, 2.05) is 0 Å². The molecule has 58 valence electrons. The quantitative estimate of drug-likeness (QED) is 0.464. The van der Waals surface area contributed by atoms with Crippen molar-refractivity contribution in [1.29, 1.82) is 0 Å². The molecule has 1 aliphatic rings. The molecule has 0 saturated carbocycles. The minimum absolute atomic E-state index is 1.14. The summed E-state index contributed by atoms with van der Waals surface area (Å²) in [4.78, 5) is 0. The van der Waals surface area contributed by atoms with Crippen molar-refractivity contribution in [1.82, 2.24) is 5.32 Å². The van der Waals surface area contributed by atoms with E-state index in [1.165, 1.54) is 25.7 Å². The molecule has 0 aromatic rings. The van der Waals surface area contributed by atoms with Crippen LogP contribution < -0.4 is 5.32 Å². The first-order valence-corrected chi connectivity index (χ1v) is 4.32. The van der Waals surface area contributed by atoms with Gasteiger partial charge in [-0.3, -0.25) is 0 Å². The molecule has 1 fully saturated rings. The summed E-state index contributed by atoms with van der Waals surface area (Å²) in [5, 5.41) is 3.23. The molecule has 0 radical (unpaired) electrons. The monoisotopic (exact) mass is 139 g/mol. The first-order chi connectivity index (χ1) is 4.93. The zero-order chi connectivity index (χ0) is 7.23. The first kappa shape index (κ1) is 7.80. The predicted molar refractivity (Wildman–Crippen MR) is 45.1 cm³/mol. The van der Waals surface area contributed by atoms with Gasteiger partial charge in [-0.2, -0.15) is 0 Å². The van der Waals surface area contributed by atoms with Crippen LogP contribution >= 0.6 is 0 Å². The summed E-state index contributed by atoms with van der Waals surface area (Å²) >= 11 is 0. The van der Waals surface area contributed by atoms with Gasteiger partial charge in [0, 0.05) is 13.1 Å². The number of rotatable bonds is 4. The molecule has 1 saturated heterocycles. The molecular weight excluding hydrogens is 122 g/mol. The first-order valence-electron chi connectivity index (χ1n) is 4.32. The fourth-order valence-electron chi connectivity index (χ4n) is 1.11. The van der Waals surface area contributed by atoms with Crippen LogP contribution in [0.1, 0.15) is 32.6 Å². The van der Waals surface area contributed by atoms with E-state index in [4.69, 9.17) is 0 Å². The summed E-state index contributed by atoms with van der Waals surface area (Å²) in [7, 11) is 0. The molecule has 0 bridgehead atoms. The van der Waals surface area contributed by atoms with Crippen molar-refractivity contribution in [3.05, 3.63) is 11.6 Å². The normalized spacial score (nSPS) is 16.7. The average molecular weight is 139 g/mol. The second-order valence-corrected chi connectivity index (χ2v) is 2.96. The Balaban J connectivity index is 1.93. The van der Waals surface area contributed by atoms with Crippen LogP contribution in [0.2, 0.25) is 0 Å². The maximum absolute atomic E-state index is 3.23. The summed E-state index contributed by atoms with van der Waals surface area (Å²) < 4.78 is 0. The van der Waals surface area contributed by atoms with Crippen molar-refractivity contribution < 1.29 is 0 Å². The Hall–Kier alpha value is -0.300. The van der Waals surface area contributed by atoms with Gasteiger partial charge >= 0.3 is 0 Å². The van der Waals surface area contributed by atoms with Crippen LogP contribution in [-0.4, -0.2) is 13.1 Å². The summed E-state index contributed by atoms with van der Waals surface area (Å²) in [5.74, 6) is 0. The summed E-state index contributed by atoms with van der Waals surface area (Å²) in [5.41, 5.74) is 1.61. The molecule has 0 unspecified atom stereocenters. The second kappa shape index (κ2) is 4.51. The Labute approximate surface area is 63.5 Å². The van der Waals surface area contributed by atoms with E-state index < -0.39 is 0 Å². The standard InChI is InChI=1S/C9H17N/c1-2-3-4-5-6-9-7-10-8-9/h6,10H,2-5,7-8H2,1H3. The van der Waals surface area contributed by atoms with Gasteiger partial charge in [-0.05, 0) is 18.4 Å². The molecule has 0 atom stereocenters. The lowest BCUT2D eigenvalue weighted by Gasteiger charge is -2.18. The van der Waals surface area contributed by atoms with E-state index in [0.29, 0.717) is 0 Å². The molecule has 1 nitrogen and oxygen atoms in total. The highest BCUT2D eigenvalue weighted by Crippen LogP contribution is 2.06. The lowest BCUT2D eigenvalue weighted by molar-refractivity contribution is 0.653. The number of unbranched alkanes of at least 4 members (excludes halogenated alkanes) is 3. The van der Waals surface area contributed by atoms with E-state index in [0.717, 1.165) is 13.1 Å². The maximum Gasteiger partial charge on any atom is 0.0180 e. The largest absolute Gasteiger partial charge is 0.309 e. The molecule has 0 aliphatic carbocycles. The Morgan fingerprint density at radius 2 is 2.20 bits per heavy atom. The molecule has 10 heavy (non-hydrogen) atoms. The van der Waals surface area contributed by atoms with Crippen molar-refractivity contribution in [3.63, 3.8) is 0 Å². The van der Waals surface area contributed by atoms with Crippen LogP contribution in [0.25, 0.3) is 0 Å². The van der Waals surface area contributed by atoms with Gasteiger partial charge < -0.3 is 5.32 Å². The third-order valence-electron chi connectivity index (χ3n) is 1.94. The zero-order valence-corrected chi connectivity index (χ0v) is 6.82. The molecule has 0 aromatic carbocycles. The van der Waals surface area contributed by atoms with Gasteiger partial charge in [0.2, 0.25) is 0 Å². The van der Waals surface area contributed by atoms with Gasteiger partial charge in [-0.1, -0.05) is 25.8 Å². The van der Waals surface area contributed by atoms with E-state index in [9.17, 15) is 0 Å². The lowest BCUT2D eigenvalue weighted by atomic mass is 10.1. The van der Waals surface area contributed by atoms with Crippen LogP contribution in [0.3, 0.4) is 0 Å². The van der Waals surface area contributed by atoms with Crippen LogP contribution in [-0.2, 0) is 0 Å². The van der Waals surface area contributed by atoms with Crippen LogP contribution in [0.15, 0.2) is 11.6 Å². The van der Waals surface area contributed by atoms with E-state index in [1.54, 1.807) is 5.57 Å².